The molecule has 1 rings (SSSR count). The van der Waals surface area contributed by atoms with Crippen molar-refractivity contribution >= 4 is 25.8 Å². The third kappa shape index (κ3) is 2.67. The number of rotatable bonds is 2. The summed E-state index contributed by atoms with van der Waals surface area (Å²) in [6.07, 6.45) is 0.483. The fourth-order valence-electron chi connectivity index (χ4n) is 1.88. The minimum absolute atomic E-state index is 0.483. The standard InChI is InChI=1S/C9H18NO.Pb/c1-7-5-10(3)6-9(11-4)8(7)2;/h7-9H,4-6H2,1-3H3;. The van der Waals surface area contributed by atoms with E-state index >= 15 is 0 Å². The Morgan fingerprint density at radius 2 is 2.08 bits per heavy atom. The maximum atomic E-state index is 5.76. The van der Waals surface area contributed by atoms with Gasteiger partial charge >= 0.3 is 91.5 Å². The quantitative estimate of drug-likeness (QED) is 0.671. The zero-order valence-electron chi connectivity index (χ0n) is 8.21. The Hall–Kier alpha value is 0.842. The second kappa shape index (κ2) is 4.91. The summed E-state index contributed by atoms with van der Waals surface area (Å²) in [5, 5.41) is 0. The second-order valence-electron chi connectivity index (χ2n) is 3.91. The minimum atomic E-state index is 0.483. The van der Waals surface area contributed by atoms with Crippen molar-refractivity contribution in [3.63, 3.8) is 0 Å². The Kier molecular flexibility index (Phi) is 4.47. The van der Waals surface area contributed by atoms with Crippen LogP contribution in [0.15, 0.2) is 0 Å². The molecule has 3 heteroatoms. The summed E-state index contributed by atoms with van der Waals surface area (Å²) in [6, 6.07) is 0. The first kappa shape index (κ1) is 10.9. The van der Waals surface area contributed by atoms with Gasteiger partial charge in [-0.25, -0.2) is 0 Å². The van der Waals surface area contributed by atoms with Crippen molar-refractivity contribution in [1.82, 2.24) is 4.90 Å². The molecule has 3 atom stereocenters. The van der Waals surface area contributed by atoms with Crippen LogP contribution >= 0.6 is 0 Å². The first-order valence-corrected chi connectivity index (χ1v) is 7.34. The summed E-state index contributed by atoms with van der Waals surface area (Å²) in [5.41, 5.74) is 0. The Bertz CT molecular complexity index is 142. The van der Waals surface area contributed by atoms with Gasteiger partial charge in [0.05, 0.1) is 0 Å². The number of hydrogen-bond acceptors (Lipinski definition) is 2. The van der Waals surface area contributed by atoms with Crippen LogP contribution in [0.25, 0.3) is 0 Å². The van der Waals surface area contributed by atoms with Crippen molar-refractivity contribution in [3.05, 3.63) is 0 Å². The van der Waals surface area contributed by atoms with Crippen LogP contribution in [0.4, 0.5) is 0 Å². The van der Waals surface area contributed by atoms with Crippen LogP contribution in [0, 0.1) is 11.8 Å². The molecule has 1 fully saturated rings. The summed E-state index contributed by atoms with van der Waals surface area (Å²) in [5.74, 6) is 1.51. The Morgan fingerprint density at radius 3 is 2.67 bits per heavy atom. The van der Waals surface area contributed by atoms with E-state index in [0.29, 0.717) is 6.10 Å². The molecule has 12 heavy (non-hydrogen) atoms. The first-order valence-electron chi connectivity index (χ1n) is 4.60. The SMILES string of the molecule is CC1CN(C)CC(O[CH2][Pb])C1C. The van der Waals surface area contributed by atoms with Crippen molar-refractivity contribution < 1.29 is 4.74 Å². The summed E-state index contributed by atoms with van der Waals surface area (Å²) in [7, 11) is 2.19. The molecule has 0 saturated carbocycles. The number of hydrogen-bond donors (Lipinski definition) is 0. The molecule has 0 aromatic heterocycles. The van der Waals surface area contributed by atoms with Crippen LogP contribution in [0.1, 0.15) is 13.8 Å². The van der Waals surface area contributed by atoms with Crippen molar-refractivity contribution in [2.45, 2.75) is 20.0 Å². The average Bonchev–Trinajstić information content (AvgIpc) is 2.00. The molecule has 0 aromatic rings. The topological polar surface area (TPSA) is 12.5 Å². The molecule has 1 saturated heterocycles. The van der Waals surface area contributed by atoms with Gasteiger partial charge in [-0.3, -0.25) is 0 Å². The molecule has 1 aliphatic rings. The van der Waals surface area contributed by atoms with E-state index in [0.717, 1.165) is 48.3 Å². The maximum absolute atomic E-state index is 5.76. The molecular weight excluding hydrogens is 345 g/mol. The fourth-order valence-corrected chi connectivity index (χ4v) is 2.72. The molecule has 0 bridgehead atoms. The third-order valence-corrected chi connectivity index (χ3v) is 3.52. The van der Waals surface area contributed by atoms with E-state index in [2.05, 4.69) is 25.8 Å². The molecule has 69 valence electrons. The molecule has 0 amide bonds. The normalized spacial score (nSPS) is 38.5. The Labute approximate surface area is 91.3 Å². The summed E-state index contributed by atoms with van der Waals surface area (Å²) < 4.78 is 6.74. The first-order chi connectivity index (χ1) is 5.65. The predicted octanol–water partition coefficient (Wildman–Crippen LogP) is 0.715. The van der Waals surface area contributed by atoms with Crippen molar-refractivity contribution in [2.75, 3.05) is 24.3 Å². The van der Waals surface area contributed by atoms with Gasteiger partial charge in [0.1, 0.15) is 0 Å². The average molecular weight is 363 g/mol. The van der Waals surface area contributed by atoms with E-state index in [1.54, 1.807) is 0 Å². The molecule has 3 radical (unpaired) electrons. The van der Waals surface area contributed by atoms with Crippen molar-refractivity contribution in [1.29, 1.82) is 0 Å². The predicted molar refractivity (Wildman–Crippen MR) is 51.3 cm³/mol. The van der Waals surface area contributed by atoms with Crippen molar-refractivity contribution in [2.24, 2.45) is 11.8 Å². The molecule has 2 nitrogen and oxygen atoms in total. The second-order valence-corrected chi connectivity index (χ2v) is 5.03. The molecule has 0 aliphatic carbocycles. The molecular formula is C9H18NOPb. The summed E-state index contributed by atoms with van der Waals surface area (Å²) >= 11 is 1.16. The summed E-state index contributed by atoms with van der Waals surface area (Å²) in [6.45, 7) is 6.99. The third-order valence-electron chi connectivity index (χ3n) is 2.87. The van der Waals surface area contributed by atoms with Crippen LogP contribution in [-0.4, -0.2) is 61.1 Å². The van der Waals surface area contributed by atoms with E-state index < -0.39 is 0 Å². The number of piperidine rings is 1. The molecule has 3 unspecified atom stereocenters. The number of ether oxygens (including phenoxy) is 1. The number of nitrogens with zero attached hydrogens (tertiary/aromatic N) is 1. The van der Waals surface area contributed by atoms with Gasteiger partial charge in [0.2, 0.25) is 0 Å². The fraction of sp³-hybridized carbons (Fsp3) is 1.00. The summed E-state index contributed by atoms with van der Waals surface area (Å²) in [4.78, 5) is 2.38. The van der Waals surface area contributed by atoms with Gasteiger partial charge in [0, 0.05) is 0 Å². The van der Waals surface area contributed by atoms with Gasteiger partial charge in [0.25, 0.3) is 0 Å². The molecule has 1 heterocycles. The zero-order valence-corrected chi connectivity index (χ0v) is 12.1. The monoisotopic (exact) mass is 364 g/mol. The van der Waals surface area contributed by atoms with Gasteiger partial charge in [-0.05, 0) is 0 Å². The molecule has 0 N–H and O–H groups in total. The van der Waals surface area contributed by atoms with E-state index in [9.17, 15) is 0 Å². The van der Waals surface area contributed by atoms with Crippen LogP contribution in [-0.2, 0) is 4.74 Å². The molecule has 1 aliphatic heterocycles. The molecule has 0 aromatic carbocycles. The zero-order chi connectivity index (χ0) is 9.14. The van der Waals surface area contributed by atoms with Gasteiger partial charge in [-0.1, -0.05) is 0 Å². The number of likely N-dealkylation sites (N-methyl/N-ethyl adjacent to an activating group) is 1. The van der Waals surface area contributed by atoms with Crippen LogP contribution in [0.3, 0.4) is 0 Å². The van der Waals surface area contributed by atoms with Gasteiger partial charge < -0.3 is 0 Å². The van der Waals surface area contributed by atoms with E-state index in [1.807, 2.05) is 0 Å². The van der Waals surface area contributed by atoms with Gasteiger partial charge in [0.15, 0.2) is 0 Å². The number of likely N-dealkylation sites (tertiary alicyclic amines) is 1. The van der Waals surface area contributed by atoms with Crippen LogP contribution < -0.4 is 0 Å². The Balaban J connectivity index is 2.47. The van der Waals surface area contributed by atoms with E-state index in [4.69, 9.17) is 4.74 Å². The van der Waals surface area contributed by atoms with Crippen molar-refractivity contribution in [3.8, 4) is 0 Å². The van der Waals surface area contributed by atoms with E-state index in [1.165, 1.54) is 6.54 Å². The van der Waals surface area contributed by atoms with Gasteiger partial charge in [-0.2, -0.15) is 0 Å². The Morgan fingerprint density at radius 1 is 1.42 bits per heavy atom. The van der Waals surface area contributed by atoms with Crippen LogP contribution in [0.2, 0.25) is 0 Å². The van der Waals surface area contributed by atoms with E-state index in [-0.39, 0.29) is 0 Å². The van der Waals surface area contributed by atoms with Gasteiger partial charge in [-0.15, -0.1) is 0 Å². The van der Waals surface area contributed by atoms with Crippen LogP contribution in [0.5, 0.6) is 0 Å². The molecule has 0 spiro atoms.